The van der Waals surface area contributed by atoms with Gasteiger partial charge in [0, 0.05) is 17.8 Å². The highest BCUT2D eigenvalue weighted by atomic mass is 32.1. The van der Waals surface area contributed by atoms with Gasteiger partial charge in [0.05, 0.1) is 25.8 Å². The zero-order valence-electron chi connectivity index (χ0n) is 15.2. The molecule has 2 heterocycles. The molecule has 2 aromatic rings. The number of nitrogens with zero attached hydrogens (tertiary/aromatic N) is 2. The maximum absolute atomic E-state index is 12.6. The van der Waals surface area contributed by atoms with E-state index in [1.807, 2.05) is 46.7 Å². The molecule has 0 fully saturated rings. The molecule has 0 saturated heterocycles. The first kappa shape index (κ1) is 18.5. The lowest BCUT2D eigenvalue weighted by Crippen LogP contribution is -2.39. The molecule has 0 radical (unpaired) electrons. The summed E-state index contributed by atoms with van der Waals surface area (Å²) < 4.78 is 5.19. The quantitative estimate of drug-likeness (QED) is 0.709. The lowest BCUT2D eigenvalue weighted by atomic mass is 10.0. The van der Waals surface area contributed by atoms with E-state index in [0.717, 1.165) is 34.9 Å². The van der Waals surface area contributed by atoms with Crippen LogP contribution in [0.4, 0.5) is 0 Å². The van der Waals surface area contributed by atoms with Crippen LogP contribution in [0.3, 0.4) is 0 Å². The molecule has 26 heavy (non-hydrogen) atoms. The van der Waals surface area contributed by atoms with E-state index in [-0.39, 0.29) is 12.0 Å². The third kappa shape index (κ3) is 4.64. The summed E-state index contributed by atoms with van der Waals surface area (Å²) in [7, 11) is 1.65. The third-order valence-electron chi connectivity index (χ3n) is 4.33. The Labute approximate surface area is 158 Å². The van der Waals surface area contributed by atoms with Crippen LogP contribution in [0.1, 0.15) is 30.2 Å². The summed E-state index contributed by atoms with van der Waals surface area (Å²) in [6.07, 6.45) is 2.00. The van der Waals surface area contributed by atoms with E-state index in [1.165, 1.54) is 0 Å². The Bertz CT molecular complexity index is 741. The molecular weight excluding hydrogens is 348 g/mol. The largest absolute Gasteiger partial charge is 0.497 e. The van der Waals surface area contributed by atoms with Crippen molar-refractivity contribution in [2.24, 2.45) is 5.16 Å². The Balaban J connectivity index is 1.57. The molecule has 0 saturated carbocycles. The number of hydrogen-bond donors (Lipinski definition) is 0. The molecule has 6 heteroatoms. The van der Waals surface area contributed by atoms with Gasteiger partial charge in [-0.1, -0.05) is 18.1 Å². The minimum Gasteiger partial charge on any atom is -0.497 e. The van der Waals surface area contributed by atoms with Gasteiger partial charge in [0.1, 0.15) is 5.75 Å². The van der Waals surface area contributed by atoms with E-state index in [2.05, 4.69) is 12.1 Å². The van der Waals surface area contributed by atoms with Crippen LogP contribution in [0.2, 0.25) is 0 Å². The first-order chi connectivity index (χ1) is 12.7. The fraction of sp³-hybridized carbons (Fsp3) is 0.400. The number of thiophene rings is 1. The molecule has 0 N–H and O–H groups in total. The van der Waals surface area contributed by atoms with Crippen molar-refractivity contribution in [1.82, 2.24) is 4.90 Å². The number of carbonyl (C=O) groups is 1. The molecule has 0 aliphatic carbocycles. The van der Waals surface area contributed by atoms with Crippen LogP contribution in [0.15, 0.2) is 46.9 Å². The van der Waals surface area contributed by atoms with Gasteiger partial charge >= 0.3 is 0 Å². The summed E-state index contributed by atoms with van der Waals surface area (Å²) in [6.45, 7) is 3.39. The molecule has 1 aliphatic rings. The fourth-order valence-electron chi connectivity index (χ4n) is 2.99. The minimum atomic E-state index is -0.0917. The third-order valence-corrected chi connectivity index (χ3v) is 5.21. The number of rotatable bonds is 8. The number of hydrogen-bond acceptors (Lipinski definition) is 5. The average Bonchev–Trinajstić information content (AvgIpc) is 3.33. The SMILES string of the molecule is CCCN(C[C@@H]1CC(c2ccc(OC)cc2)=NO1)C(=O)Cc1cccs1. The van der Waals surface area contributed by atoms with Crippen LogP contribution < -0.4 is 4.74 Å². The molecule has 1 aromatic carbocycles. The second kappa shape index (κ2) is 8.85. The van der Waals surface area contributed by atoms with E-state index in [1.54, 1.807) is 18.4 Å². The Morgan fingerprint density at radius 2 is 2.15 bits per heavy atom. The van der Waals surface area contributed by atoms with E-state index in [4.69, 9.17) is 9.57 Å². The maximum Gasteiger partial charge on any atom is 0.227 e. The van der Waals surface area contributed by atoms with Crippen molar-refractivity contribution in [3.63, 3.8) is 0 Å². The van der Waals surface area contributed by atoms with Crippen molar-refractivity contribution in [2.45, 2.75) is 32.3 Å². The van der Waals surface area contributed by atoms with E-state index in [0.29, 0.717) is 19.4 Å². The standard InChI is InChI=1S/C20H24N2O3S/c1-3-10-22(20(23)13-18-5-4-11-26-18)14-17-12-19(21-25-17)15-6-8-16(24-2)9-7-15/h4-9,11,17H,3,10,12-14H2,1-2H3/t17-/m0/s1. The zero-order valence-corrected chi connectivity index (χ0v) is 16.0. The van der Waals surface area contributed by atoms with Gasteiger partial charge in [-0.25, -0.2) is 0 Å². The number of oxime groups is 1. The van der Waals surface area contributed by atoms with Gasteiger partial charge in [0.2, 0.25) is 5.91 Å². The predicted octanol–water partition coefficient (Wildman–Crippen LogP) is 3.73. The van der Waals surface area contributed by atoms with Gasteiger partial charge in [-0.05, 0) is 47.7 Å². The number of ether oxygens (including phenoxy) is 1. The van der Waals surface area contributed by atoms with Crippen molar-refractivity contribution in [1.29, 1.82) is 0 Å². The lowest BCUT2D eigenvalue weighted by molar-refractivity contribution is -0.132. The fourth-order valence-corrected chi connectivity index (χ4v) is 3.68. The second-order valence-corrected chi connectivity index (χ2v) is 7.33. The van der Waals surface area contributed by atoms with Crippen molar-refractivity contribution in [2.75, 3.05) is 20.2 Å². The minimum absolute atomic E-state index is 0.0917. The monoisotopic (exact) mass is 372 g/mol. The van der Waals surface area contributed by atoms with Crippen molar-refractivity contribution >= 4 is 23.0 Å². The number of carbonyl (C=O) groups excluding carboxylic acids is 1. The van der Waals surface area contributed by atoms with Gasteiger partial charge in [0.15, 0.2) is 6.10 Å². The highest BCUT2D eigenvalue weighted by Crippen LogP contribution is 2.20. The second-order valence-electron chi connectivity index (χ2n) is 6.29. The molecule has 5 nitrogen and oxygen atoms in total. The van der Waals surface area contributed by atoms with Gasteiger partial charge in [0.25, 0.3) is 0 Å². The summed E-state index contributed by atoms with van der Waals surface area (Å²) >= 11 is 1.62. The van der Waals surface area contributed by atoms with E-state index < -0.39 is 0 Å². The summed E-state index contributed by atoms with van der Waals surface area (Å²) in [5.41, 5.74) is 1.94. The van der Waals surface area contributed by atoms with Gasteiger partial charge in [-0.2, -0.15) is 0 Å². The van der Waals surface area contributed by atoms with Crippen molar-refractivity contribution in [3.8, 4) is 5.75 Å². The summed E-state index contributed by atoms with van der Waals surface area (Å²) in [5, 5.41) is 6.23. The molecular formula is C20H24N2O3S. The Hall–Kier alpha value is -2.34. The average molecular weight is 372 g/mol. The number of benzene rings is 1. The summed E-state index contributed by atoms with van der Waals surface area (Å²) in [6, 6.07) is 11.8. The lowest BCUT2D eigenvalue weighted by Gasteiger charge is -2.24. The van der Waals surface area contributed by atoms with E-state index in [9.17, 15) is 4.79 Å². The summed E-state index contributed by atoms with van der Waals surface area (Å²) in [4.78, 5) is 21.2. The molecule has 1 aromatic heterocycles. The normalized spacial score (nSPS) is 16.1. The Morgan fingerprint density at radius 3 is 2.81 bits per heavy atom. The van der Waals surface area contributed by atoms with Crippen LogP contribution in [-0.4, -0.2) is 42.8 Å². The highest BCUT2D eigenvalue weighted by Gasteiger charge is 2.26. The molecule has 1 amide bonds. The molecule has 1 atom stereocenters. The van der Waals surface area contributed by atoms with Gasteiger partial charge in [-0.15, -0.1) is 11.3 Å². The van der Waals surface area contributed by atoms with Crippen LogP contribution in [0, 0.1) is 0 Å². The topological polar surface area (TPSA) is 51.1 Å². The summed E-state index contributed by atoms with van der Waals surface area (Å²) in [5.74, 6) is 0.967. The molecule has 138 valence electrons. The van der Waals surface area contributed by atoms with Gasteiger partial charge < -0.3 is 14.5 Å². The number of methoxy groups -OCH3 is 1. The van der Waals surface area contributed by atoms with Crippen molar-refractivity contribution in [3.05, 3.63) is 52.2 Å². The van der Waals surface area contributed by atoms with Crippen LogP contribution in [0.5, 0.6) is 5.75 Å². The highest BCUT2D eigenvalue weighted by molar-refractivity contribution is 7.10. The van der Waals surface area contributed by atoms with Gasteiger partial charge in [-0.3, -0.25) is 4.79 Å². The smallest absolute Gasteiger partial charge is 0.227 e. The predicted molar refractivity (Wildman–Crippen MR) is 104 cm³/mol. The molecule has 3 rings (SSSR count). The Morgan fingerprint density at radius 1 is 1.35 bits per heavy atom. The molecule has 0 spiro atoms. The number of amides is 1. The molecule has 0 unspecified atom stereocenters. The van der Waals surface area contributed by atoms with Crippen molar-refractivity contribution < 1.29 is 14.4 Å². The van der Waals surface area contributed by atoms with E-state index >= 15 is 0 Å². The van der Waals surface area contributed by atoms with Crippen LogP contribution in [-0.2, 0) is 16.1 Å². The molecule has 1 aliphatic heterocycles. The first-order valence-electron chi connectivity index (χ1n) is 8.87. The Kier molecular flexibility index (Phi) is 6.28. The van der Waals surface area contributed by atoms with Crippen LogP contribution in [0.25, 0.3) is 0 Å². The first-order valence-corrected chi connectivity index (χ1v) is 9.74. The maximum atomic E-state index is 12.6. The van der Waals surface area contributed by atoms with Crippen LogP contribution >= 0.6 is 11.3 Å². The molecule has 0 bridgehead atoms. The zero-order chi connectivity index (χ0) is 18.4.